The van der Waals surface area contributed by atoms with E-state index >= 15 is 0 Å². The number of primary amides is 1. The summed E-state index contributed by atoms with van der Waals surface area (Å²) in [5.74, 6) is -0.141. The van der Waals surface area contributed by atoms with Crippen molar-refractivity contribution < 1.29 is 18.0 Å². The number of nitrogens with two attached hydrogens (primary N) is 1. The molecule has 0 radical (unpaired) electrons. The highest BCUT2D eigenvalue weighted by molar-refractivity contribution is 5.98. The van der Waals surface area contributed by atoms with E-state index in [1.165, 1.54) is 6.20 Å². The van der Waals surface area contributed by atoms with Gasteiger partial charge < -0.3 is 11.1 Å². The molecule has 7 nitrogen and oxygen atoms in total. The lowest BCUT2D eigenvalue weighted by molar-refractivity contribution is -0.138. The van der Waals surface area contributed by atoms with Gasteiger partial charge in [-0.05, 0) is 25.1 Å². The molecule has 3 aromatic heterocycles. The molecule has 0 aliphatic rings. The Kier molecular flexibility index (Phi) is 5.71. The van der Waals surface area contributed by atoms with Crippen LogP contribution in [0, 0.1) is 6.92 Å². The molecular formula is C19H17F3N6O. The second-order valence-electron chi connectivity index (χ2n) is 6.24. The summed E-state index contributed by atoms with van der Waals surface area (Å²) in [5.41, 5.74) is 6.16. The summed E-state index contributed by atoms with van der Waals surface area (Å²) in [6.45, 7) is 1.56. The molecule has 3 heterocycles. The Balaban J connectivity index is 1.87. The SMILES string of the molecule is Cc1nccc(Cc2cc(NCc3cnccc3C(F)(F)F)c(C(N)=O)cn2)n1. The number of amides is 1. The van der Waals surface area contributed by atoms with E-state index in [0.717, 1.165) is 24.2 Å². The zero-order valence-corrected chi connectivity index (χ0v) is 15.4. The summed E-state index contributed by atoms with van der Waals surface area (Å²) in [5, 5.41) is 2.85. The van der Waals surface area contributed by atoms with Crippen molar-refractivity contribution in [2.75, 3.05) is 5.32 Å². The first-order chi connectivity index (χ1) is 13.7. The first-order valence-corrected chi connectivity index (χ1v) is 8.55. The number of rotatable bonds is 6. The summed E-state index contributed by atoms with van der Waals surface area (Å²) in [6.07, 6.45) is 0.969. The monoisotopic (exact) mass is 402 g/mol. The van der Waals surface area contributed by atoms with Gasteiger partial charge in [0.2, 0.25) is 0 Å². The number of hydrogen-bond acceptors (Lipinski definition) is 6. The van der Waals surface area contributed by atoms with Gasteiger partial charge in [0, 0.05) is 49.0 Å². The van der Waals surface area contributed by atoms with Gasteiger partial charge in [0.25, 0.3) is 5.91 Å². The van der Waals surface area contributed by atoms with Crippen molar-refractivity contribution in [3.63, 3.8) is 0 Å². The second-order valence-corrected chi connectivity index (χ2v) is 6.24. The molecule has 0 saturated carbocycles. The van der Waals surface area contributed by atoms with Gasteiger partial charge in [-0.3, -0.25) is 14.8 Å². The van der Waals surface area contributed by atoms with Crippen molar-refractivity contribution in [2.24, 2.45) is 5.73 Å². The molecule has 3 rings (SSSR count). The first kappa shape index (κ1) is 20.2. The van der Waals surface area contributed by atoms with Crippen molar-refractivity contribution in [2.45, 2.75) is 26.1 Å². The van der Waals surface area contributed by atoms with Gasteiger partial charge in [-0.15, -0.1) is 0 Å². The number of hydrogen-bond donors (Lipinski definition) is 2. The molecule has 0 atom stereocenters. The highest BCUT2D eigenvalue weighted by Gasteiger charge is 2.33. The molecule has 0 fully saturated rings. The fourth-order valence-electron chi connectivity index (χ4n) is 2.76. The highest BCUT2D eigenvalue weighted by Crippen LogP contribution is 2.32. The van der Waals surface area contributed by atoms with Gasteiger partial charge in [0.1, 0.15) is 5.82 Å². The van der Waals surface area contributed by atoms with Crippen LogP contribution in [-0.2, 0) is 19.1 Å². The minimum absolute atomic E-state index is 0.0554. The third-order valence-corrected chi connectivity index (χ3v) is 4.10. The molecule has 0 unspecified atom stereocenters. The molecule has 0 saturated heterocycles. The Bertz CT molecular complexity index is 1040. The first-order valence-electron chi connectivity index (χ1n) is 8.55. The van der Waals surface area contributed by atoms with Crippen LogP contribution in [0.1, 0.15) is 38.7 Å². The molecule has 0 aliphatic carbocycles. The molecule has 0 bridgehead atoms. The van der Waals surface area contributed by atoms with E-state index in [9.17, 15) is 18.0 Å². The highest BCUT2D eigenvalue weighted by atomic mass is 19.4. The number of anilines is 1. The number of pyridine rings is 2. The van der Waals surface area contributed by atoms with E-state index < -0.39 is 17.6 Å². The number of carbonyl (C=O) groups is 1. The number of nitrogens with zero attached hydrogens (tertiary/aromatic N) is 4. The van der Waals surface area contributed by atoms with Gasteiger partial charge in [-0.1, -0.05) is 0 Å². The molecule has 150 valence electrons. The van der Waals surface area contributed by atoms with Crippen LogP contribution in [0.3, 0.4) is 0 Å². The number of aromatic nitrogens is 4. The summed E-state index contributed by atoms with van der Waals surface area (Å²) < 4.78 is 39.5. The fraction of sp³-hybridized carbons (Fsp3) is 0.211. The van der Waals surface area contributed by atoms with Crippen LogP contribution >= 0.6 is 0 Å². The third kappa shape index (κ3) is 5.03. The van der Waals surface area contributed by atoms with Gasteiger partial charge in [-0.25, -0.2) is 9.97 Å². The van der Waals surface area contributed by atoms with E-state index in [2.05, 4.69) is 25.3 Å². The van der Waals surface area contributed by atoms with Crippen molar-refractivity contribution in [3.05, 3.63) is 76.9 Å². The average molecular weight is 402 g/mol. The minimum atomic E-state index is -4.51. The Morgan fingerprint density at radius 2 is 1.93 bits per heavy atom. The van der Waals surface area contributed by atoms with E-state index in [4.69, 9.17) is 5.73 Å². The minimum Gasteiger partial charge on any atom is -0.380 e. The third-order valence-electron chi connectivity index (χ3n) is 4.10. The zero-order valence-electron chi connectivity index (χ0n) is 15.4. The van der Waals surface area contributed by atoms with Gasteiger partial charge in [0.15, 0.2) is 0 Å². The Morgan fingerprint density at radius 1 is 1.14 bits per heavy atom. The van der Waals surface area contributed by atoms with Crippen LogP contribution in [0.25, 0.3) is 0 Å². The Labute approximate surface area is 164 Å². The molecule has 3 aromatic rings. The fourth-order valence-corrected chi connectivity index (χ4v) is 2.76. The van der Waals surface area contributed by atoms with Crippen molar-refractivity contribution in [1.82, 2.24) is 19.9 Å². The summed E-state index contributed by atoms with van der Waals surface area (Å²) in [6, 6.07) is 4.21. The van der Waals surface area contributed by atoms with E-state index in [1.54, 1.807) is 25.3 Å². The van der Waals surface area contributed by atoms with E-state index in [1.807, 2.05) is 0 Å². The van der Waals surface area contributed by atoms with E-state index in [-0.39, 0.29) is 23.4 Å². The Hall–Kier alpha value is -3.56. The van der Waals surface area contributed by atoms with Crippen LogP contribution in [0.2, 0.25) is 0 Å². The van der Waals surface area contributed by atoms with Crippen LogP contribution in [-0.4, -0.2) is 25.8 Å². The molecule has 29 heavy (non-hydrogen) atoms. The predicted molar refractivity (Wildman–Crippen MR) is 98.9 cm³/mol. The van der Waals surface area contributed by atoms with Crippen LogP contribution < -0.4 is 11.1 Å². The maximum absolute atomic E-state index is 13.2. The normalized spacial score (nSPS) is 11.3. The molecule has 0 aliphatic heterocycles. The smallest absolute Gasteiger partial charge is 0.380 e. The van der Waals surface area contributed by atoms with Crippen molar-refractivity contribution >= 4 is 11.6 Å². The van der Waals surface area contributed by atoms with Crippen molar-refractivity contribution in [1.29, 1.82) is 0 Å². The Morgan fingerprint density at radius 3 is 2.62 bits per heavy atom. The number of carbonyl (C=O) groups excluding carboxylic acids is 1. The summed E-state index contributed by atoms with van der Waals surface area (Å²) >= 11 is 0. The molecule has 0 aromatic carbocycles. The van der Waals surface area contributed by atoms with Gasteiger partial charge >= 0.3 is 6.18 Å². The molecule has 3 N–H and O–H groups in total. The number of aryl methyl sites for hydroxylation is 1. The van der Waals surface area contributed by atoms with Gasteiger partial charge in [0.05, 0.1) is 22.5 Å². The van der Waals surface area contributed by atoms with Gasteiger partial charge in [-0.2, -0.15) is 13.2 Å². The molecular weight excluding hydrogens is 385 g/mol. The summed E-state index contributed by atoms with van der Waals surface area (Å²) in [4.78, 5) is 28.0. The molecule has 1 amide bonds. The lowest BCUT2D eigenvalue weighted by Gasteiger charge is -2.15. The molecule has 10 heteroatoms. The topological polar surface area (TPSA) is 107 Å². The average Bonchev–Trinajstić information content (AvgIpc) is 2.66. The van der Waals surface area contributed by atoms with E-state index in [0.29, 0.717) is 17.9 Å². The standard InChI is InChI=1S/C19H17F3N6O/c1-11-25-5-2-13(28-11)6-14-7-17(15(10-26-14)18(23)29)27-9-12-8-24-4-3-16(12)19(20,21)22/h2-5,7-8,10H,6,9H2,1H3,(H2,23,29)(H,26,27). The van der Waals surface area contributed by atoms with Crippen LogP contribution in [0.15, 0.2) is 43.0 Å². The quantitative estimate of drug-likeness (QED) is 0.657. The predicted octanol–water partition coefficient (Wildman–Crippen LogP) is 2.90. The number of nitrogens with one attached hydrogen (secondary N) is 1. The lowest BCUT2D eigenvalue weighted by atomic mass is 10.1. The number of halogens is 3. The maximum atomic E-state index is 13.2. The second kappa shape index (κ2) is 8.21. The summed E-state index contributed by atoms with van der Waals surface area (Å²) in [7, 11) is 0. The van der Waals surface area contributed by atoms with Crippen molar-refractivity contribution in [3.8, 4) is 0 Å². The molecule has 0 spiro atoms. The number of alkyl halides is 3. The zero-order chi connectivity index (χ0) is 21.0. The van der Waals surface area contributed by atoms with Crippen LogP contribution in [0.4, 0.5) is 18.9 Å². The maximum Gasteiger partial charge on any atom is 0.416 e. The van der Waals surface area contributed by atoms with Crippen LogP contribution in [0.5, 0.6) is 0 Å². The lowest BCUT2D eigenvalue weighted by Crippen LogP contribution is -2.17. The largest absolute Gasteiger partial charge is 0.416 e.